The lowest BCUT2D eigenvalue weighted by molar-refractivity contribution is 0.102. The van der Waals surface area contributed by atoms with E-state index in [4.69, 9.17) is 17.3 Å². The van der Waals surface area contributed by atoms with Gasteiger partial charge in [0.1, 0.15) is 5.82 Å². The lowest BCUT2D eigenvalue weighted by Gasteiger charge is -2.10. The Morgan fingerprint density at radius 2 is 1.67 bits per heavy atom. The Labute approximate surface area is 161 Å². The quantitative estimate of drug-likeness (QED) is 0.609. The summed E-state index contributed by atoms with van der Waals surface area (Å²) in [7, 11) is 0. The summed E-state index contributed by atoms with van der Waals surface area (Å²) >= 11 is 5.90. The summed E-state index contributed by atoms with van der Waals surface area (Å²) in [5.74, 6) is 0.344. The molecule has 1 heterocycles. The van der Waals surface area contributed by atoms with Crippen LogP contribution in [0.5, 0.6) is 0 Å². The Hall–Kier alpha value is -3.32. The Kier molecular flexibility index (Phi) is 5.73. The van der Waals surface area contributed by atoms with Crippen LogP contribution in [-0.4, -0.2) is 21.7 Å². The lowest BCUT2D eigenvalue weighted by atomic mass is 10.1. The highest BCUT2D eigenvalue weighted by atomic mass is 35.5. The molecule has 0 fully saturated rings. The minimum absolute atomic E-state index is 0.248. The number of nitrogens with one attached hydrogen (secondary N) is 2. The molecule has 3 rings (SSSR count). The number of aromatic nitrogens is 2. The number of hydrogen-bond acceptors (Lipinski definition) is 3. The summed E-state index contributed by atoms with van der Waals surface area (Å²) in [6, 6.07) is 15.5. The first-order chi connectivity index (χ1) is 13.0. The number of carbonyl (C=O) groups is 2. The summed E-state index contributed by atoms with van der Waals surface area (Å²) in [6.45, 7) is 0.822. The van der Waals surface area contributed by atoms with Gasteiger partial charge in [-0.05, 0) is 35.4 Å². The van der Waals surface area contributed by atoms with Crippen LogP contribution >= 0.6 is 11.6 Å². The van der Waals surface area contributed by atoms with Crippen molar-refractivity contribution in [1.82, 2.24) is 15.1 Å². The summed E-state index contributed by atoms with van der Waals surface area (Å²) in [4.78, 5) is 23.2. The van der Waals surface area contributed by atoms with Crippen LogP contribution < -0.4 is 16.4 Å². The maximum Gasteiger partial charge on any atom is 0.312 e. The highest BCUT2D eigenvalue weighted by molar-refractivity contribution is 6.30. The molecule has 4 N–H and O–H groups in total. The van der Waals surface area contributed by atoms with E-state index in [-0.39, 0.29) is 5.91 Å². The van der Waals surface area contributed by atoms with Crippen molar-refractivity contribution in [2.24, 2.45) is 5.73 Å². The molecular weight excluding hydrogens is 366 g/mol. The van der Waals surface area contributed by atoms with E-state index in [0.717, 1.165) is 11.1 Å². The first-order valence-electron chi connectivity index (χ1n) is 8.21. The average molecular weight is 384 g/mol. The second kappa shape index (κ2) is 8.37. The number of nitrogens with zero attached hydrogens (tertiary/aromatic N) is 2. The Bertz CT molecular complexity index is 935. The van der Waals surface area contributed by atoms with Crippen molar-refractivity contribution in [3.8, 4) is 0 Å². The molecule has 3 amide bonds. The molecule has 27 heavy (non-hydrogen) atoms. The monoisotopic (exact) mass is 383 g/mol. The molecule has 138 valence electrons. The fourth-order valence-corrected chi connectivity index (χ4v) is 2.61. The second-order valence-electron chi connectivity index (χ2n) is 5.87. The molecule has 0 spiro atoms. The number of nitrogens with two attached hydrogens (primary N) is 1. The second-order valence-corrected chi connectivity index (χ2v) is 6.31. The Morgan fingerprint density at radius 3 is 2.33 bits per heavy atom. The van der Waals surface area contributed by atoms with E-state index < -0.39 is 6.03 Å². The number of halogens is 1. The maximum atomic E-state index is 12.5. The van der Waals surface area contributed by atoms with Gasteiger partial charge < -0.3 is 16.4 Å². The van der Waals surface area contributed by atoms with Crippen LogP contribution in [0.1, 0.15) is 21.5 Å². The van der Waals surface area contributed by atoms with Crippen LogP contribution in [0.25, 0.3) is 0 Å². The van der Waals surface area contributed by atoms with Crippen molar-refractivity contribution in [2.75, 3.05) is 5.32 Å². The van der Waals surface area contributed by atoms with Crippen LogP contribution in [0.3, 0.4) is 0 Å². The number of amides is 3. The molecule has 3 aromatic rings. The number of rotatable bonds is 6. The van der Waals surface area contributed by atoms with E-state index >= 15 is 0 Å². The average Bonchev–Trinajstić information content (AvgIpc) is 3.09. The highest BCUT2D eigenvalue weighted by Crippen LogP contribution is 2.15. The first-order valence-corrected chi connectivity index (χ1v) is 8.59. The molecule has 0 unspecified atom stereocenters. The zero-order valence-electron chi connectivity index (χ0n) is 14.4. The molecule has 0 aliphatic heterocycles. The molecule has 1 aromatic heterocycles. The van der Waals surface area contributed by atoms with Crippen molar-refractivity contribution in [3.05, 3.63) is 82.5 Å². The Balaban J connectivity index is 1.65. The third-order valence-electron chi connectivity index (χ3n) is 3.89. The number of urea groups is 1. The summed E-state index contributed by atoms with van der Waals surface area (Å²) in [5.41, 5.74) is 7.40. The third-order valence-corrected chi connectivity index (χ3v) is 4.14. The summed E-state index contributed by atoms with van der Waals surface area (Å²) < 4.78 is 1.70. The van der Waals surface area contributed by atoms with Gasteiger partial charge in [0.05, 0.1) is 12.7 Å². The van der Waals surface area contributed by atoms with Gasteiger partial charge in [0, 0.05) is 23.2 Å². The fraction of sp³-hybridized carbons (Fsp3) is 0.105. The fourth-order valence-electron chi connectivity index (χ4n) is 2.48. The van der Waals surface area contributed by atoms with E-state index in [1.807, 2.05) is 24.3 Å². The van der Waals surface area contributed by atoms with E-state index in [1.54, 1.807) is 41.2 Å². The largest absolute Gasteiger partial charge is 0.352 e. The molecular formula is C19H18ClN5O2. The molecule has 7 nitrogen and oxygen atoms in total. The molecule has 8 heteroatoms. The first kappa shape index (κ1) is 18.5. The van der Waals surface area contributed by atoms with Gasteiger partial charge in [-0.1, -0.05) is 35.9 Å². The number of carbonyl (C=O) groups excluding carboxylic acids is 2. The van der Waals surface area contributed by atoms with Gasteiger partial charge in [-0.15, -0.1) is 0 Å². The van der Waals surface area contributed by atoms with Crippen molar-refractivity contribution in [3.63, 3.8) is 0 Å². The van der Waals surface area contributed by atoms with Crippen LogP contribution in [0.2, 0.25) is 5.02 Å². The SMILES string of the molecule is NC(=O)NCc1ccc(C(=O)Nc2ccnn2Cc2ccc(Cl)cc2)cc1. The van der Waals surface area contributed by atoms with Crippen LogP contribution in [0.15, 0.2) is 60.8 Å². The summed E-state index contributed by atoms with van der Waals surface area (Å²) in [5, 5.41) is 10.3. The number of hydrogen-bond donors (Lipinski definition) is 3. The standard InChI is InChI=1S/C19H18ClN5O2/c20-16-7-3-14(4-8-16)12-25-17(9-10-23-25)24-18(26)15-5-1-13(2-6-15)11-22-19(21)27/h1-10H,11-12H2,(H,24,26)(H3,21,22,27). The van der Waals surface area contributed by atoms with Crippen LogP contribution in [0.4, 0.5) is 10.6 Å². The van der Waals surface area contributed by atoms with Gasteiger partial charge in [-0.3, -0.25) is 4.79 Å². The molecule has 0 aliphatic carbocycles. The van der Waals surface area contributed by atoms with Crippen molar-refractivity contribution >= 4 is 29.4 Å². The van der Waals surface area contributed by atoms with Gasteiger partial charge in [-0.25, -0.2) is 9.48 Å². The number of anilines is 1. The van der Waals surface area contributed by atoms with Gasteiger partial charge in [0.15, 0.2) is 0 Å². The number of primary amides is 1. The van der Waals surface area contributed by atoms with E-state index in [0.29, 0.717) is 29.5 Å². The van der Waals surface area contributed by atoms with E-state index in [2.05, 4.69) is 15.7 Å². The summed E-state index contributed by atoms with van der Waals surface area (Å²) in [6.07, 6.45) is 1.63. The molecule has 0 bridgehead atoms. The minimum Gasteiger partial charge on any atom is -0.352 e. The van der Waals surface area contributed by atoms with Crippen molar-refractivity contribution < 1.29 is 9.59 Å². The molecule has 0 atom stereocenters. The van der Waals surface area contributed by atoms with Gasteiger partial charge in [-0.2, -0.15) is 5.10 Å². The van der Waals surface area contributed by atoms with Gasteiger partial charge in [0.2, 0.25) is 0 Å². The lowest BCUT2D eigenvalue weighted by Crippen LogP contribution is -2.28. The third kappa shape index (κ3) is 5.08. The molecule has 0 aliphatic rings. The molecule has 0 saturated heterocycles. The van der Waals surface area contributed by atoms with Crippen LogP contribution in [-0.2, 0) is 13.1 Å². The molecule has 0 saturated carbocycles. The van der Waals surface area contributed by atoms with Crippen molar-refractivity contribution in [1.29, 1.82) is 0 Å². The van der Waals surface area contributed by atoms with Crippen molar-refractivity contribution in [2.45, 2.75) is 13.1 Å². The predicted octanol–water partition coefficient (Wildman–Crippen LogP) is 3.01. The smallest absolute Gasteiger partial charge is 0.312 e. The Morgan fingerprint density at radius 1 is 1.00 bits per heavy atom. The number of benzene rings is 2. The van der Waals surface area contributed by atoms with Crippen LogP contribution in [0, 0.1) is 0 Å². The normalized spacial score (nSPS) is 10.4. The zero-order chi connectivity index (χ0) is 19.2. The highest BCUT2D eigenvalue weighted by Gasteiger charge is 2.10. The zero-order valence-corrected chi connectivity index (χ0v) is 15.1. The minimum atomic E-state index is -0.592. The maximum absolute atomic E-state index is 12.5. The van der Waals surface area contributed by atoms with E-state index in [9.17, 15) is 9.59 Å². The molecule has 0 radical (unpaired) electrons. The topological polar surface area (TPSA) is 102 Å². The predicted molar refractivity (Wildman–Crippen MR) is 104 cm³/mol. The van der Waals surface area contributed by atoms with Gasteiger partial charge >= 0.3 is 6.03 Å². The molecule has 2 aromatic carbocycles. The van der Waals surface area contributed by atoms with Gasteiger partial charge in [0.25, 0.3) is 5.91 Å². The van der Waals surface area contributed by atoms with E-state index in [1.165, 1.54) is 0 Å².